The van der Waals surface area contributed by atoms with Crippen LogP contribution in [0.3, 0.4) is 0 Å². The van der Waals surface area contributed by atoms with Gasteiger partial charge in [-0.3, -0.25) is 14.3 Å². The van der Waals surface area contributed by atoms with E-state index >= 15 is 0 Å². The van der Waals surface area contributed by atoms with Gasteiger partial charge in [0.1, 0.15) is 23.9 Å². The molecule has 2 aromatic heterocycles. The fourth-order valence-electron chi connectivity index (χ4n) is 5.50. The van der Waals surface area contributed by atoms with Gasteiger partial charge in [-0.2, -0.15) is 5.10 Å². The number of aliphatic hydroxyl groups is 2. The van der Waals surface area contributed by atoms with E-state index in [9.17, 15) is 10.2 Å². The van der Waals surface area contributed by atoms with E-state index in [1.807, 2.05) is 30.3 Å². The number of alkyl halides is 2. The number of hydrogen-bond donors (Lipinski definition) is 3. The summed E-state index contributed by atoms with van der Waals surface area (Å²) in [5.41, 5.74) is -0.369. The monoisotopic (exact) mass is 684 g/mol. The highest BCUT2D eigenvalue weighted by Crippen LogP contribution is 2.54. The van der Waals surface area contributed by atoms with Crippen LogP contribution in [0.1, 0.15) is 36.8 Å². The molecule has 3 N–H and O–H groups in total. The molecule has 4 aromatic rings. The lowest BCUT2D eigenvalue weighted by Crippen LogP contribution is -2.47. The Morgan fingerprint density at radius 3 is 2.05 bits per heavy atom. The van der Waals surface area contributed by atoms with E-state index in [0.29, 0.717) is 51.0 Å². The third-order valence-corrected chi connectivity index (χ3v) is 11.2. The van der Waals surface area contributed by atoms with E-state index in [0.717, 1.165) is 11.1 Å². The van der Waals surface area contributed by atoms with E-state index in [2.05, 4.69) is 15.2 Å². The van der Waals surface area contributed by atoms with Crippen molar-refractivity contribution in [3.8, 4) is 5.69 Å². The maximum atomic E-state index is 11.8. The maximum Gasteiger partial charge on any atom is 0.213 e. The van der Waals surface area contributed by atoms with Gasteiger partial charge in [-0.1, -0.05) is 47.5 Å². The normalized spacial score (nSPS) is 19.7. The summed E-state index contributed by atoms with van der Waals surface area (Å²) in [5.74, 6) is 0. The van der Waals surface area contributed by atoms with Gasteiger partial charge in [-0.15, -0.1) is 23.2 Å². The number of rotatable bonds is 11. The maximum absolute atomic E-state index is 11.8. The number of nitrogens with zero attached hydrogens (tertiary/aromatic N) is 5. The first kappa shape index (κ1) is 30.3. The Morgan fingerprint density at radius 1 is 0.857 bits per heavy atom. The second-order valence-electron chi connectivity index (χ2n) is 11.4. The number of H-pyrrole nitrogens is 1. The first-order chi connectivity index (χ1) is 19.8. The lowest BCUT2D eigenvalue weighted by atomic mass is 9.88. The van der Waals surface area contributed by atoms with Crippen molar-refractivity contribution in [2.24, 2.45) is 0 Å². The van der Waals surface area contributed by atoms with Gasteiger partial charge < -0.3 is 10.2 Å². The zero-order valence-electron chi connectivity index (χ0n) is 22.3. The van der Waals surface area contributed by atoms with Gasteiger partial charge in [0.05, 0.1) is 28.5 Å². The molecule has 42 heavy (non-hydrogen) atoms. The zero-order chi connectivity index (χ0) is 29.9. The average molecular weight is 687 g/mol. The first-order valence-corrected chi connectivity index (χ1v) is 15.8. The topological polar surface area (TPSA) is 96.8 Å². The molecular weight excluding hydrogens is 658 g/mol. The van der Waals surface area contributed by atoms with Crippen molar-refractivity contribution in [2.45, 2.75) is 72.6 Å². The largest absolute Gasteiger partial charge is 0.386 e. The summed E-state index contributed by atoms with van der Waals surface area (Å²) in [6, 6.07) is 12.9. The van der Waals surface area contributed by atoms with Crippen LogP contribution in [0.2, 0.25) is 10.0 Å². The molecule has 2 unspecified atom stereocenters. The van der Waals surface area contributed by atoms with Gasteiger partial charge in [-0.25, -0.2) is 9.67 Å². The summed E-state index contributed by atoms with van der Waals surface area (Å²) in [6.07, 6.45) is 6.38. The molecule has 2 saturated carbocycles. The highest BCUT2D eigenvalue weighted by molar-refractivity contribution is 7.71. The molecule has 2 fully saturated rings. The van der Waals surface area contributed by atoms with E-state index < -0.39 is 21.0 Å². The van der Waals surface area contributed by atoms with Crippen molar-refractivity contribution in [1.29, 1.82) is 0 Å². The van der Waals surface area contributed by atoms with Gasteiger partial charge in [0.25, 0.3) is 0 Å². The number of benzene rings is 2. The quantitative estimate of drug-likeness (QED) is 0.124. The molecule has 2 heterocycles. The summed E-state index contributed by atoms with van der Waals surface area (Å²) < 4.78 is 5.64. The summed E-state index contributed by atoms with van der Waals surface area (Å²) >= 11 is 37.6. The van der Waals surface area contributed by atoms with Crippen molar-refractivity contribution < 1.29 is 10.2 Å². The van der Waals surface area contributed by atoms with Crippen LogP contribution in [-0.2, 0) is 25.9 Å². The van der Waals surface area contributed by atoms with Crippen LogP contribution >= 0.6 is 70.8 Å². The Labute approximate surface area is 272 Å². The van der Waals surface area contributed by atoms with Crippen molar-refractivity contribution in [3.05, 3.63) is 85.8 Å². The standard InChI is InChI=1S/C28H28Cl4N6O2S2/c29-21-4-2-1-3-18(21)12-28(40,26(32)9-10-26)15-38-24(42)37(17-34-38)20-6-5-19(22(30)11-20)13-27(39,25(31)7-8-25)14-36-16-33-23(41)35-36/h1-6,11,16-17,39-40H,7-10,12-15H2,(H,35,41). The molecule has 0 spiro atoms. The number of aromatic amines is 1. The lowest BCUT2D eigenvalue weighted by Gasteiger charge is -2.33. The number of halogens is 4. The molecule has 0 amide bonds. The second-order valence-corrected chi connectivity index (χ2v) is 14.5. The Balaban J connectivity index is 1.24. The number of aromatic nitrogens is 6. The third kappa shape index (κ3) is 5.73. The fraction of sp³-hybridized carbons (Fsp3) is 0.429. The highest BCUT2D eigenvalue weighted by atomic mass is 35.5. The van der Waals surface area contributed by atoms with Gasteiger partial charge in [0.2, 0.25) is 9.54 Å². The van der Waals surface area contributed by atoms with Crippen molar-refractivity contribution in [2.75, 3.05) is 0 Å². The summed E-state index contributed by atoms with van der Waals surface area (Å²) in [6.45, 7) is 0.288. The van der Waals surface area contributed by atoms with Crippen LogP contribution in [0.15, 0.2) is 55.1 Å². The van der Waals surface area contributed by atoms with E-state index in [-0.39, 0.29) is 25.9 Å². The smallest absolute Gasteiger partial charge is 0.213 e. The SMILES string of the molecule is OC(Cc1ccc(-n2cnn(CC(O)(Cc3ccccc3Cl)C3(Cl)CC3)c2=S)cc1Cl)(Cn1cnc(=S)[nH]1)C1(Cl)CC1. The molecule has 6 rings (SSSR count). The predicted octanol–water partition coefficient (Wildman–Crippen LogP) is 6.45. The van der Waals surface area contributed by atoms with E-state index in [4.69, 9.17) is 70.8 Å². The van der Waals surface area contributed by atoms with Crippen LogP contribution in [-0.4, -0.2) is 60.3 Å². The van der Waals surface area contributed by atoms with Crippen LogP contribution in [0.25, 0.3) is 5.69 Å². The summed E-state index contributed by atoms with van der Waals surface area (Å²) in [4.78, 5) is 2.49. The Morgan fingerprint density at radius 2 is 1.48 bits per heavy atom. The van der Waals surface area contributed by atoms with Crippen LogP contribution < -0.4 is 0 Å². The minimum Gasteiger partial charge on any atom is -0.386 e. The zero-order valence-corrected chi connectivity index (χ0v) is 27.0. The van der Waals surface area contributed by atoms with Crippen LogP contribution in [0.4, 0.5) is 0 Å². The second kappa shape index (κ2) is 11.0. The molecule has 0 bridgehead atoms. The lowest BCUT2D eigenvalue weighted by molar-refractivity contribution is 0.00706. The predicted molar refractivity (Wildman–Crippen MR) is 169 cm³/mol. The first-order valence-electron chi connectivity index (χ1n) is 13.4. The Bertz CT molecular complexity index is 1760. The summed E-state index contributed by atoms with van der Waals surface area (Å²) in [7, 11) is 0. The Hall–Kier alpha value is -1.76. The highest BCUT2D eigenvalue weighted by Gasteiger charge is 2.59. The minimum atomic E-state index is -1.32. The van der Waals surface area contributed by atoms with Crippen LogP contribution in [0.5, 0.6) is 0 Å². The fourth-order valence-corrected chi connectivity index (χ4v) is 6.81. The molecule has 2 atom stereocenters. The molecular formula is C28H28Cl4N6O2S2. The Kier molecular flexibility index (Phi) is 7.93. The van der Waals surface area contributed by atoms with Gasteiger partial charge in [0.15, 0.2) is 0 Å². The molecule has 0 aliphatic heterocycles. The molecule has 222 valence electrons. The summed E-state index contributed by atoms with van der Waals surface area (Å²) in [5, 5.41) is 32.0. The minimum absolute atomic E-state index is 0.0987. The number of hydrogen-bond acceptors (Lipinski definition) is 6. The average Bonchev–Trinajstić information content (AvgIpc) is 3.81. The van der Waals surface area contributed by atoms with Gasteiger partial charge in [0, 0.05) is 22.9 Å². The molecule has 2 aliphatic rings. The van der Waals surface area contributed by atoms with Crippen LogP contribution in [0, 0.1) is 9.54 Å². The van der Waals surface area contributed by atoms with Crippen molar-refractivity contribution in [1.82, 2.24) is 29.1 Å². The molecule has 14 heteroatoms. The van der Waals surface area contributed by atoms with E-state index in [1.165, 1.54) is 0 Å². The van der Waals surface area contributed by atoms with Crippen molar-refractivity contribution in [3.63, 3.8) is 0 Å². The molecule has 0 saturated heterocycles. The van der Waals surface area contributed by atoms with E-state index in [1.54, 1.807) is 38.7 Å². The third-order valence-electron chi connectivity index (χ3n) is 8.41. The molecule has 2 aromatic carbocycles. The van der Waals surface area contributed by atoms with Crippen molar-refractivity contribution >= 4 is 70.8 Å². The van der Waals surface area contributed by atoms with Gasteiger partial charge in [-0.05, 0) is 79.4 Å². The van der Waals surface area contributed by atoms with Gasteiger partial charge >= 0.3 is 0 Å². The molecule has 0 radical (unpaired) electrons. The number of nitrogens with one attached hydrogen (secondary N) is 1. The molecule has 8 nitrogen and oxygen atoms in total. The molecule has 2 aliphatic carbocycles.